The molecule has 2 heterocycles. The van der Waals surface area contributed by atoms with Gasteiger partial charge >= 0.3 is 12.1 Å². The third-order valence-electron chi connectivity index (χ3n) is 2.25. The molecule has 0 aromatic carbocycles. The predicted molar refractivity (Wildman–Crippen MR) is 57.4 cm³/mol. The van der Waals surface area contributed by atoms with Crippen LogP contribution in [0.2, 0.25) is 0 Å². The van der Waals surface area contributed by atoms with Crippen LogP contribution in [0.3, 0.4) is 0 Å². The van der Waals surface area contributed by atoms with Crippen molar-refractivity contribution in [1.82, 2.24) is 14.6 Å². The van der Waals surface area contributed by atoms with E-state index in [0.717, 1.165) is 0 Å². The van der Waals surface area contributed by atoms with Crippen LogP contribution in [0, 0.1) is 6.92 Å². The molecule has 0 atom stereocenters. The maximum atomic E-state index is 12.9. The highest BCUT2D eigenvalue weighted by atomic mass is 79.9. The van der Waals surface area contributed by atoms with Gasteiger partial charge < -0.3 is 5.11 Å². The van der Waals surface area contributed by atoms with E-state index in [1.165, 1.54) is 6.92 Å². The summed E-state index contributed by atoms with van der Waals surface area (Å²) in [6.45, 7) is 1.49. The molecule has 0 radical (unpaired) electrons. The number of carbonyl (C=O) groups is 1. The van der Waals surface area contributed by atoms with Gasteiger partial charge in [0.25, 0.3) is 0 Å². The molecule has 0 unspecified atom stereocenters. The molecule has 5 nitrogen and oxygen atoms in total. The second kappa shape index (κ2) is 3.94. The molecule has 0 amide bonds. The summed E-state index contributed by atoms with van der Waals surface area (Å²) in [6.07, 6.45) is -4.17. The Morgan fingerprint density at radius 2 is 2.11 bits per heavy atom. The summed E-state index contributed by atoms with van der Waals surface area (Å²) in [4.78, 5) is 14.5. The van der Waals surface area contributed by atoms with Gasteiger partial charge in [0, 0.05) is 6.20 Å². The highest BCUT2D eigenvalue weighted by Gasteiger charge is 2.39. The molecule has 0 aliphatic carbocycles. The van der Waals surface area contributed by atoms with Crippen LogP contribution in [-0.4, -0.2) is 25.7 Å². The van der Waals surface area contributed by atoms with Crippen molar-refractivity contribution < 1.29 is 23.1 Å². The fourth-order valence-electron chi connectivity index (χ4n) is 1.49. The van der Waals surface area contributed by atoms with Crippen LogP contribution in [0.15, 0.2) is 10.7 Å². The molecule has 2 aromatic rings. The van der Waals surface area contributed by atoms with E-state index < -0.39 is 23.4 Å². The van der Waals surface area contributed by atoms with Crippen molar-refractivity contribution >= 4 is 27.5 Å². The van der Waals surface area contributed by atoms with Crippen molar-refractivity contribution in [1.29, 1.82) is 0 Å². The first-order valence-corrected chi connectivity index (χ1v) is 5.37. The average molecular weight is 324 g/mol. The first kappa shape index (κ1) is 12.8. The van der Waals surface area contributed by atoms with E-state index in [4.69, 9.17) is 5.11 Å². The van der Waals surface area contributed by atoms with Crippen molar-refractivity contribution in [3.63, 3.8) is 0 Å². The van der Waals surface area contributed by atoms with Gasteiger partial charge in [-0.25, -0.2) is 14.3 Å². The van der Waals surface area contributed by atoms with Crippen LogP contribution in [0.5, 0.6) is 0 Å². The Balaban J connectivity index is 2.95. The Bertz CT molecular complexity index is 651. The normalized spacial score (nSPS) is 12.1. The molecule has 2 rings (SSSR count). The molecule has 96 valence electrons. The Kier molecular flexibility index (Phi) is 2.80. The quantitative estimate of drug-likeness (QED) is 0.875. The smallest absolute Gasteiger partial charge is 0.434 e. The number of carboxylic acids is 1. The molecule has 0 bridgehead atoms. The molecule has 2 aromatic heterocycles. The monoisotopic (exact) mass is 323 g/mol. The number of aromatic nitrogens is 3. The van der Waals surface area contributed by atoms with Crippen LogP contribution in [-0.2, 0) is 6.18 Å². The molecule has 0 saturated heterocycles. The number of aromatic carboxylic acids is 1. The van der Waals surface area contributed by atoms with E-state index in [2.05, 4.69) is 26.0 Å². The van der Waals surface area contributed by atoms with Gasteiger partial charge in [0.05, 0.1) is 10.2 Å². The zero-order valence-corrected chi connectivity index (χ0v) is 10.4. The molecule has 0 fully saturated rings. The van der Waals surface area contributed by atoms with E-state index in [1.807, 2.05) is 0 Å². The minimum Gasteiger partial charge on any atom is -0.478 e. The highest BCUT2D eigenvalue weighted by Crippen LogP contribution is 2.33. The maximum Gasteiger partial charge on any atom is 0.434 e. The molecular weight excluding hydrogens is 319 g/mol. The summed E-state index contributed by atoms with van der Waals surface area (Å²) < 4.78 is 39.5. The van der Waals surface area contributed by atoms with Gasteiger partial charge in [-0.3, -0.25) is 0 Å². The van der Waals surface area contributed by atoms with Crippen molar-refractivity contribution in [3.8, 4) is 0 Å². The van der Waals surface area contributed by atoms with E-state index in [1.54, 1.807) is 0 Å². The lowest BCUT2D eigenvalue weighted by Crippen LogP contribution is -2.19. The van der Waals surface area contributed by atoms with E-state index >= 15 is 0 Å². The van der Waals surface area contributed by atoms with Gasteiger partial charge in [-0.1, -0.05) is 0 Å². The molecule has 18 heavy (non-hydrogen) atoms. The van der Waals surface area contributed by atoms with Crippen LogP contribution >= 0.6 is 15.9 Å². The molecule has 0 spiro atoms. The van der Waals surface area contributed by atoms with E-state index in [-0.39, 0.29) is 11.3 Å². The predicted octanol–water partition coefficient (Wildman–Crippen LogP) is 2.52. The molecule has 1 N–H and O–H groups in total. The number of alkyl halides is 3. The Morgan fingerprint density at radius 3 is 2.61 bits per heavy atom. The number of rotatable bonds is 1. The molecule has 0 aliphatic rings. The Hall–Kier alpha value is -1.64. The molecule has 9 heteroatoms. The zero-order valence-electron chi connectivity index (χ0n) is 8.79. The lowest BCUT2D eigenvalue weighted by Gasteiger charge is -2.11. The number of nitrogens with zero attached hydrogens (tertiary/aromatic N) is 3. The standard InChI is InChI=1S/C9H5BrF3N3O2/c1-3-5(10)7-14-2-4(8(17)18)6(9(11,12)13)16(7)15-3/h2H,1H3,(H,17,18). The molecule has 0 aliphatic heterocycles. The van der Waals surface area contributed by atoms with Crippen molar-refractivity contribution in [2.24, 2.45) is 0 Å². The summed E-state index contributed by atoms with van der Waals surface area (Å²) >= 11 is 3.05. The fourth-order valence-corrected chi connectivity index (χ4v) is 1.84. The van der Waals surface area contributed by atoms with Crippen molar-refractivity contribution in [2.75, 3.05) is 0 Å². The number of carboxylic acid groups (broad SMARTS) is 1. The minimum atomic E-state index is -4.84. The topological polar surface area (TPSA) is 67.5 Å². The summed E-state index contributed by atoms with van der Waals surface area (Å²) in [6, 6.07) is 0. The molecule has 0 saturated carbocycles. The van der Waals surface area contributed by atoms with Crippen LogP contribution in [0.4, 0.5) is 13.2 Å². The summed E-state index contributed by atoms with van der Waals surface area (Å²) in [5.41, 5.74) is -2.08. The summed E-state index contributed by atoms with van der Waals surface area (Å²) in [5.74, 6) is -1.71. The van der Waals surface area contributed by atoms with Gasteiger partial charge in [-0.2, -0.15) is 18.3 Å². The van der Waals surface area contributed by atoms with E-state index in [0.29, 0.717) is 15.2 Å². The van der Waals surface area contributed by atoms with Crippen LogP contribution < -0.4 is 0 Å². The minimum absolute atomic E-state index is 0.0789. The fraction of sp³-hybridized carbons (Fsp3) is 0.222. The van der Waals surface area contributed by atoms with Gasteiger partial charge in [0.1, 0.15) is 5.56 Å². The van der Waals surface area contributed by atoms with Crippen LogP contribution in [0.25, 0.3) is 5.65 Å². The Morgan fingerprint density at radius 1 is 1.50 bits per heavy atom. The number of hydrogen-bond donors (Lipinski definition) is 1. The third-order valence-corrected chi connectivity index (χ3v) is 3.17. The number of fused-ring (bicyclic) bond motifs is 1. The second-order valence-corrected chi connectivity index (χ2v) is 4.25. The van der Waals surface area contributed by atoms with Crippen molar-refractivity contribution in [2.45, 2.75) is 13.1 Å². The number of hydrogen-bond acceptors (Lipinski definition) is 3. The van der Waals surface area contributed by atoms with Gasteiger partial charge in [0.2, 0.25) is 0 Å². The average Bonchev–Trinajstić information content (AvgIpc) is 2.52. The van der Waals surface area contributed by atoms with E-state index in [9.17, 15) is 18.0 Å². The lowest BCUT2D eigenvalue weighted by atomic mass is 10.2. The highest BCUT2D eigenvalue weighted by molar-refractivity contribution is 9.10. The third kappa shape index (κ3) is 1.84. The van der Waals surface area contributed by atoms with Crippen LogP contribution in [0.1, 0.15) is 21.7 Å². The maximum absolute atomic E-state index is 12.9. The largest absolute Gasteiger partial charge is 0.478 e. The summed E-state index contributed by atoms with van der Waals surface area (Å²) in [5, 5.41) is 12.4. The number of aryl methyl sites for hydroxylation is 1. The first-order chi connectivity index (χ1) is 8.23. The first-order valence-electron chi connectivity index (χ1n) is 4.57. The zero-order chi connectivity index (χ0) is 13.7. The van der Waals surface area contributed by atoms with Gasteiger partial charge in [-0.15, -0.1) is 0 Å². The SMILES string of the molecule is Cc1nn2c(C(F)(F)F)c(C(=O)O)cnc2c1Br. The number of halogens is 4. The molecular formula is C9H5BrF3N3O2. The second-order valence-electron chi connectivity index (χ2n) is 3.46. The van der Waals surface area contributed by atoms with Gasteiger partial charge in [0.15, 0.2) is 11.3 Å². The summed E-state index contributed by atoms with van der Waals surface area (Å²) in [7, 11) is 0. The Labute approximate surface area is 106 Å². The van der Waals surface area contributed by atoms with Gasteiger partial charge in [-0.05, 0) is 22.9 Å². The van der Waals surface area contributed by atoms with Crippen molar-refractivity contribution in [3.05, 3.63) is 27.6 Å². The lowest BCUT2D eigenvalue weighted by molar-refractivity contribution is -0.143.